The van der Waals surface area contributed by atoms with E-state index in [1.54, 1.807) is 7.11 Å². The van der Waals surface area contributed by atoms with Gasteiger partial charge in [-0.3, -0.25) is 4.79 Å². The number of methoxy groups -OCH3 is 1. The van der Waals surface area contributed by atoms with E-state index in [2.05, 4.69) is 24.3 Å². The minimum atomic E-state index is -0.548. The van der Waals surface area contributed by atoms with Crippen LogP contribution in [0.2, 0.25) is 0 Å². The molecule has 0 spiro atoms. The molecule has 2 N–H and O–H groups in total. The van der Waals surface area contributed by atoms with E-state index >= 15 is 0 Å². The van der Waals surface area contributed by atoms with Crippen molar-refractivity contribution in [3.8, 4) is 0 Å². The fourth-order valence-corrected chi connectivity index (χ4v) is 3.21. The Labute approximate surface area is 119 Å². The Bertz CT molecular complexity index is 499. The molecular weight excluding hydrogens is 252 g/mol. The van der Waals surface area contributed by atoms with Crippen LogP contribution in [-0.2, 0) is 16.0 Å². The summed E-state index contributed by atoms with van der Waals surface area (Å²) in [7, 11) is 1.58. The molecule has 4 heteroatoms. The van der Waals surface area contributed by atoms with Crippen molar-refractivity contribution in [2.75, 3.05) is 13.7 Å². The normalized spacial score (nSPS) is 22.4. The molecule has 0 aromatic heterocycles. The first-order valence-corrected chi connectivity index (χ1v) is 7.37. The van der Waals surface area contributed by atoms with Gasteiger partial charge in [0.2, 0.25) is 5.91 Å². The van der Waals surface area contributed by atoms with Crippen LogP contribution in [0.15, 0.2) is 24.3 Å². The van der Waals surface area contributed by atoms with Gasteiger partial charge in [0.25, 0.3) is 0 Å². The van der Waals surface area contributed by atoms with Crippen molar-refractivity contribution in [2.45, 2.75) is 43.8 Å². The molecule has 1 saturated carbocycles. The third-order valence-corrected chi connectivity index (χ3v) is 4.30. The monoisotopic (exact) mass is 274 g/mol. The number of hydrogen-bond acceptors (Lipinski definition) is 3. The lowest BCUT2D eigenvalue weighted by Crippen LogP contribution is -2.48. The number of benzene rings is 1. The first-order valence-electron chi connectivity index (χ1n) is 7.37. The average Bonchev–Trinajstić information content (AvgIpc) is 3.20. The number of amides is 1. The third-order valence-electron chi connectivity index (χ3n) is 4.30. The zero-order valence-electron chi connectivity index (χ0n) is 11.9. The van der Waals surface area contributed by atoms with Crippen LogP contribution < -0.4 is 5.73 Å². The molecular formula is C16H22N2O2. The van der Waals surface area contributed by atoms with Crippen LogP contribution in [0.4, 0.5) is 0 Å². The van der Waals surface area contributed by atoms with Crippen LogP contribution >= 0.6 is 0 Å². The molecule has 1 fully saturated rings. The number of nitrogens with two attached hydrogens (primary N) is 1. The van der Waals surface area contributed by atoms with E-state index < -0.39 is 6.04 Å². The quantitative estimate of drug-likeness (QED) is 0.888. The number of ether oxygens (including phenoxy) is 1. The molecule has 0 heterocycles. The molecule has 2 aliphatic carbocycles. The van der Waals surface area contributed by atoms with Gasteiger partial charge < -0.3 is 15.4 Å². The molecule has 2 aliphatic rings. The van der Waals surface area contributed by atoms with Gasteiger partial charge in [0.05, 0.1) is 12.6 Å². The number of rotatable bonds is 5. The molecule has 4 nitrogen and oxygen atoms in total. The summed E-state index contributed by atoms with van der Waals surface area (Å²) in [6.45, 7) is 0.288. The van der Waals surface area contributed by atoms with Crippen molar-refractivity contribution >= 4 is 5.91 Å². The molecule has 0 radical (unpaired) electrons. The Morgan fingerprint density at radius 1 is 1.40 bits per heavy atom. The van der Waals surface area contributed by atoms with Gasteiger partial charge in [0, 0.05) is 13.2 Å². The summed E-state index contributed by atoms with van der Waals surface area (Å²) in [6, 6.07) is 8.48. The van der Waals surface area contributed by atoms with Crippen LogP contribution in [-0.4, -0.2) is 36.6 Å². The number of nitrogens with zero attached hydrogens (tertiary/aromatic N) is 1. The van der Waals surface area contributed by atoms with E-state index in [0.717, 1.165) is 25.7 Å². The SMILES string of the molecule is COCC(N)C(=O)N(C1CC1)C1CCc2ccccc21. The summed E-state index contributed by atoms with van der Waals surface area (Å²) >= 11 is 0. The van der Waals surface area contributed by atoms with Crippen molar-refractivity contribution in [2.24, 2.45) is 5.73 Å². The molecule has 2 unspecified atom stereocenters. The Morgan fingerprint density at radius 2 is 2.15 bits per heavy atom. The Kier molecular flexibility index (Phi) is 3.76. The fraction of sp³-hybridized carbons (Fsp3) is 0.562. The van der Waals surface area contributed by atoms with Crippen LogP contribution in [0.5, 0.6) is 0 Å². The molecule has 108 valence electrons. The van der Waals surface area contributed by atoms with E-state index in [-0.39, 0.29) is 18.6 Å². The molecule has 1 amide bonds. The van der Waals surface area contributed by atoms with Gasteiger partial charge in [-0.2, -0.15) is 0 Å². The zero-order valence-corrected chi connectivity index (χ0v) is 11.9. The Morgan fingerprint density at radius 3 is 2.85 bits per heavy atom. The highest BCUT2D eigenvalue weighted by atomic mass is 16.5. The second-order valence-corrected chi connectivity index (χ2v) is 5.79. The van der Waals surface area contributed by atoms with Crippen LogP contribution in [0.25, 0.3) is 0 Å². The van der Waals surface area contributed by atoms with E-state index in [1.807, 2.05) is 4.90 Å². The molecule has 1 aromatic rings. The number of carbonyl (C=O) groups is 1. The van der Waals surface area contributed by atoms with E-state index in [4.69, 9.17) is 10.5 Å². The highest BCUT2D eigenvalue weighted by molar-refractivity contribution is 5.83. The van der Waals surface area contributed by atoms with Crippen LogP contribution in [0.3, 0.4) is 0 Å². The molecule has 0 bridgehead atoms. The molecule has 1 aromatic carbocycles. The largest absolute Gasteiger partial charge is 0.383 e. The van der Waals surface area contributed by atoms with Gasteiger partial charge in [0.15, 0.2) is 0 Å². The molecule has 20 heavy (non-hydrogen) atoms. The van der Waals surface area contributed by atoms with Gasteiger partial charge >= 0.3 is 0 Å². The van der Waals surface area contributed by atoms with Crippen LogP contribution in [0.1, 0.15) is 36.4 Å². The average molecular weight is 274 g/mol. The number of carbonyl (C=O) groups excluding carboxylic acids is 1. The summed E-state index contributed by atoms with van der Waals surface area (Å²) in [5.74, 6) is 0.0380. The van der Waals surface area contributed by atoms with Crippen molar-refractivity contribution in [1.29, 1.82) is 0 Å². The Hall–Kier alpha value is -1.39. The first-order chi connectivity index (χ1) is 9.72. The summed E-state index contributed by atoms with van der Waals surface area (Å²) in [5.41, 5.74) is 8.64. The third kappa shape index (κ3) is 2.45. The lowest BCUT2D eigenvalue weighted by Gasteiger charge is -2.32. The molecule has 2 atom stereocenters. The van der Waals surface area contributed by atoms with Crippen molar-refractivity contribution in [3.63, 3.8) is 0 Å². The molecule has 3 rings (SSSR count). The maximum Gasteiger partial charge on any atom is 0.242 e. The minimum absolute atomic E-state index is 0.0380. The van der Waals surface area contributed by atoms with Gasteiger partial charge in [0.1, 0.15) is 6.04 Å². The predicted molar refractivity (Wildman–Crippen MR) is 77.2 cm³/mol. The number of fused-ring (bicyclic) bond motifs is 1. The van der Waals surface area contributed by atoms with Gasteiger partial charge in [-0.05, 0) is 36.8 Å². The topological polar surface area (TPSA) is 55.6 Å². The van der Waals surface area contributed by atoms with Gasteiger partial charge in [-0.15, -0.1) is 0 Å². The van der Waals surface area contributed by atoms with Gasteiger partial charge in [-0.1, -0.05) is 24.3 Å². The lowest BCUT2D eigenvalue weighted by atomic mass is 10.1. The number of hydrogen-bond donors (Lipinski definition) is 1. The molecule has 0 saturated heterocycles. The van der Waals surface area contributed by atoms with Crippen molar-refractivity contribution in [3.05, 3.63) is 35.4 Å². The molecule has 0 aliphatic heterocycles. The zero-order chi connectivity index (χ0) is 14.1. The van der Waals surface area contributed by atoms with Crippen LogP contribution in [0, 0.1) is 0 Å². The second kappa shape index (κ2) is 5.54. The summed E-state index contributed by atoms with van der Waals surface area (Å²) < 4.78 is 5.03. The lowest BCUT2D eigenvalue weighted by molar-refractivity contribution is -0.137. The Balaban J connectivity index is 1.84. The van der Waals surface area contributed by atoms with E-state index in [1.165, 1.54) is 11.1 Å². The van der Waals surface area contributed by atoms with E-state index in [0.29, 0.717) is 6.04 Å². The maximum absolute atomic E-state index is 12.6. The smallest absolute Gasteiger partial charge is 0.242 e. The fourth-order valence-electron chi connectivity index (χ4n) is 3.21. The highest BCUT2D eigenvalue weighted by Gasteiger charge is 2.41. The highest BCUT2D eigenvalue weighted by Crippen LogP contribution is 2.41. The van der Waals surface area contributed by atoms with Crippen molar-refractivity contribution < 1.29 is 9.53 Å². The predicted octanol–water partition coefficient (Wildman–Crippen LogP) is 1.64. The first kappa shape index (κ1) is 13.6. The second-order valence-electron chi connectivity index (χ2n) is 5.79. The summed E-state index contributed by atoms with van der Waals surface area (Å²) in [5, 5.41) is 0. The van der Waals surface area contributed by atoms with E-state index in [9.17, 15) is 4.79 Å². The minimum Gasteiger partial charge on any atom is -0.383 e. The van der Waals surface area contributed by atoms with Gasteiger partial charge in [-0.25, -0.2) is 0 Å². The van der Waals surface area contributed by atoms with Crippen molar-refractivity contribution in [1.82, 2.24) is 4.90 Å². The maximum atomic E-state index is 12.6. The standard InChI is InChI=1S/C16H22N2O2/c1-20-10-14(17)16(19)18(12-7-8-12)15-9-6-11-4-2-3-5-13(11)15/h2-5,12,14-15H,6-10,17H2,1H3. The summed E-state index contributed by atoms with van der Waals surface area (Å²) in [4.78, 5) is 14.7. The summed E-state index contributed by atoms with van der Waals surface area (Å²) in [6.07, 6.45) is 4.27. The number of aryl methyl sites for hydroxylation is 1.